The Balaban J connectivity index is 2.04. The summed E-state index contributed by atoms with van der Waals surface area (Å²) in [5.74, 6) is -0.854. The zero-order valence-electron chi connectivity index (χ0n) is 8.79. The Bertz CT molecular complexity index is 504. The van der Waals surface area contributed by atoms with Crippen molar-refractivity contribution < 1.29 is 14.3 Å². The zero-order valence-corrected chi connectivity index (χ0v) is 8.79. The molecular weight excluding hydrogens is 224 g/mol. The largest absolute Gasteiger partial charge is 0.359 e. The summed E-state index contributed by atoms with van der Waals surface area (Å²) in [5, 5.41) is 16.8. The monoisotopic (exact) mass is 234 g/mol. The molecule has 17 heavy (non-hydrogen) atoms. The van der Waals surface area contributed by atoms with Crippen molar-refractivity contribution in [3.8, 4) is 0 Å². The molecule has 0 unspecified atom stereocenters. The Morgan fingerprint density at radius 3 is 2.76 bits per heavy atom. The number of hydrogen-bond donors (Lipinski definition) is 2. The molecule has 0 bridgehead atoms. The van der Waals surface area contributed by atoms with Crippen molar-refractivity contribution >= 4 is 11.7 Å². The van der Waals surface area contributed by atoms with Crippen LogP contribution in [-0.2, 0) is 6.54 Å². The lowest BCUT2D eigenvalue weighted by Crippen LogP contribution is -2.37. The van der Waals surface area contributed by atoms with Gasteiger partial charge in [-0.25, -0.2) is 0 Å². The lowest BCUT2D eigenvalue weighted by molar-refractivity contribution is -0.803. The highest BCUT2D eigenvalue weighted by Crippen LogP contribution is 2.03. The number of hydrogen-bond acceptors (Lipinski definition) is 5. The molecule has 0 aliphatic rings. The van der Waals surface area contributed by atoms with Gasteiger partial charge in [0.25, 0.3) is 0 Å². The summed E-state index contributed by atoms with van der Waals surface area (Å²) in [4.78, 5) is 11.6. The van der Waals surface area contributed by atoms with Gasteiger partial charge in [0.2, 0.25) is 0 Å². The lowest BCUT2D eigenvalue weighted by atomic mass is 10.2. The normalized spacial score (nSPS) is 10.1. The second-order valence-electron chi connectivity index (χ2n) is 3.33. The number of rotatable bonds is 3. The van der Waals surface area contributed by atoms with Gasteiger partial charge in [-0.05, 0) is 10.5 Å². The molecule has 7 nitrogen and oxygen atoms in total. The van der Waals surface area contributed by atoms with Crippen LogP contribution in [0, 0.1) is 5.21 Å². The second-order valence-corrected chi connectivity index (χ2v) is 3.33. The third-order valence-corrected chi connectivity index (χ3v) is 2.15. The predicted octanol–water partition coefficient (Wildman–Crippen LogP) is -0.180. The third kappa shape index (κ3) is 2.33. The topological polar surface area (TPSA) is 108 Å². The molecule has 2 rings (SSSR count). The van der Waals surface area contributed by atoms with Gasteiger partial charge in [-0.2, -0.15) is 0 Å². The molecule has 0 fully saturated rings. The Kier molecular flexibility index (Phi) is 2.91. The molecule has 0 saturated heterocycles. The molecule has 0 aliphatic carbocycles. The van der Waals surface area contributed by atoms with E-state index in [1.807, 2.05) is 30.3 Å². The number of carbonyl (C=O) groups is 1. The van der Waals surface area contributed by atoms with Crippen LogP contribution < -0.4 is 16.0 Å². The molecule has 0 aliphatic heterocycles. The van der Waals surface area contributed by atoms with Crippen molar-refractivity contribution in [1.29, 1.82) is 0 Å². The maximum absolute atomic E-state index is 11.6. The molecule has 1 heterocycles. The molecule has 2 aromatic rings. The maximum atomic E-state index is 11.6. The van der Waals surface area contributed by atoms with Gasteiger partial charge >= 0.3 is 17.4 Å². The molecule has 88 valence electrons. The highest BCUT2D eigenvalue weighted by atomic mass is 16.8. The van der Waals surface area contributed by atoms with Crippen LogP contribution in [0.4, 0.5) is 5.82 Å². The SMILES string of the molecule is Nc1no[n+]([O-])c1C(=O)NCc1ccccc1. The highest BCUT2D eigenvalue weighted by Gasteiger charge is 2.23. The maximum Gasteiger partial charge on any atom is 0.318 e. The smallest absolute Gasteiger partial charge is 0.318 e. The molecular formula is C10H10N4O3. The van der Waals surface area contributed by atoms with Crippen molar-refractivity contribution in [2.75, 3.05) is 5.73 Å². The molecule has 0 atom stereocenters. The summed E-state index contributed by atoms with van der Waals surface area (Å²) in [7, 11) is 0. The van der Waals surface area contributed by atoms with Gasteiger partial charge in [0.05, 0.1) is 5.16 Å². The van der Waals surface area contributed by atoms with Crippen LogP contribution in [0.3, 0.4) is 0 Å². The van der Waals surface area contributed by atoms with Crippen LogP contribution in [0.25, 0.3) is 0 Å². The number of amides is 1. The van der Waals surface area contributed by atoms with Gasteiger partial charge < -0.3 is 16.3 Å². The average molecular weight is 234 g/mol. The Hall–Kier alpha value is -2.57. The number of nitrogens with two attached hydrogens (primary N) is 1. The third-order valence-electron chi connectivity index (χ3n) is 2.15. The molecule has 0 spiro atoms. The van der Waals surface area contributed by atoms with E-state index < -0.39 is 5.91 Å². The summed E-state index contributed by atoms with van der Waals surface area (Å²) < 4.78 is 4.19. The molecule has 1 amide bonds. The summed E-state index contributed by atoms with van der Waals surface area (Å²) in [6.45, 7) is 0.296. The van der Waals surface area contributed by atoms with Gasteiger partial charge in [-0.3, -0.25) is 9.42 Å². The second kappa shape index (κ2) is 4.52. The van der Waals surface area contributed by atoms with E-state index in [9.17, 15) is 10.0 Å². The molecule has 1 aromatic heterocycles. The van der Waals surface area contributed by atoms with E-state index in [1.165, 1.54) is 0 Å². The first-order valence-electron chi connectivity index (χ1n) is 4.86. The number of nitrogen functional groups attached to an aromatic ring is 1. The first kappa shape index (κ1) is 10.9. The number of nitrogens with one attached hydrogen (secondary N) is 1. The minimum Gasteiger partial charge on any atom is -0.359 e. The van der Waals surface area contributed by atoms with Crippen LogP contribution in [0.1, 0.15) is 16.1 Å². The minimum absolute atomic E-state index is 0.0182. The lowest BCUT2D eigenvalue weighted by Gasteiger charge is -2.02. The van der Waals surface area contributed by atoms with E-state index in [0.717, 1.165) is 5.56 Å². The Morgan fingerprint density at radius 2 is 2.18 bits per heavy atom. The minimum atomic E-state index is -0.623. The van der Waals surface area contributed by atoms with E-state index in [-0.39, 0.29) is 16.4 Å². The first-order chi connectivity index (χ1) is 8.18. The number of nitrogens with zero attached hydrogens (tertiary/aromatic N) is 2. The van der Waals surface area contributed by atoms with Gasteiger partial charge in [0.15, 0.2) is 0 Å². The van der Waals surface area contributed by atoms with Crippen molar-refractivity contribution in [2.45, 2.75) is 6.54 Å². The van der Waals surface area contributed by atoms with Gasteiger partial charge in [0, 0.05) is 6.54 Å². The molecule has 0 saturated carbocycles. The molecule has 7 heteroatoms. The number of carbonyl (C=O) groups excluding carboxylic acids is 1. The Morgan fingerprint density at radius 1 is 1.47 bits per heavy atom. The Labute approximate surface area is 96.4 Å². The molecule has 0 radical (unpaired) electrons. The van der Waals surface area contributed by atoms with Crippen LogP contribution in [0.5, 0.6) is 0 Å². The fourth-order valence-corrected chi connectivity index (χ4v) is 1.32. The quantitative estimate of drug-likeness (QED) is 0.716. The molecule has 1 aromatic carbocycles. The van der Waals surface area contributed by atoms with E-state index in [0.29, 0.717) is 6.54 Å². The van der Waals surface area contributed by atoms with Crippen LogP contribution in [-0.4, -0.2) is 11.1 Å². The van der Waals surface area contributed by atoms with Crippen LogP contribution in [0.15, 0.2) is 35.0 Å². The van der Waals surface area contributed by atoms with Gasteiger partial charge in [0.1, 0.15) is 0 Å². The van der Waals surface area contributed by atoms with Gasteiger partial charge in [-0.15, -0.1) is 0 Å². The summed E-state index contributed by atoms with van der Waals surface area (Å²) in [5.41, 5.74) is 5.90. The summed E-state index contributed by atoms with van der Waals surface area (Å²) in [6, 6.07) is 9.27. The number of aromatic nitrogens is 2. The van der Waals surface area contributed by atoms with E-state index in [4.69, 9.17) is 5.73 Å². The fraction of sp³-hybridized carbons (Fsp3) is 0.100. The average Bonchev–Trinajstić information content (AvgIpc) is 2.67. The van der Waals surface area contributed by atoms with Gasteiger partial charge in [-0.1, -0.05) is 30.3 Å². The van der Waals surface area contributed by atoms with E-state index in [1.54, 1.807) is 0 Å². The standard InChI is InChI=1S/C10H10N4O3/c11-9-8(14(16)17-13-9)10(15)12-6-7-4-2-1-3-5-7/h1-5H,6H2,(H2,11,13)(H,12,15). The molecule has 3 N–H and O–H groups in total. The fourth-order valence-electron chi connectivity index (χ4n) is 1.32. The number of anilines is 1. The van der Waals surface area contributed by atoms with Crippen LogP contribution >= 0.6 is 0 Å². The summed E-state index contributed by atoms with van der Waals surface area (Å²) in [6.07, 6.45) is 0. The van der Waals surface area contributed by atoms with E-state index in [2.05, 4.69) is 15.1 Å². The van der Waals surface area contributed by atoms with Crippen LogP contribution in [0.2, 0.25) is 0 Å². The summed E-state index contributed by atoms with van der Waals surface area (Å²) >= 11 is 0. The van der Waals surface area contributed by atoms with E-state index >= 15 is 0 Å². The first-order valence-corrected chi connectivity index (χ1v) is 4.86. The predicted molar refractivity (Wildman–Crippen MR) is 57.5 cm³/mol. The van der Waals surface area contributed by atoms with Crippen molar-refractivity contribution in [2.24, 2.45) is 0 Å². The van der Waals surface area contributed by atoms with Crippen molar-refractivity contribution in [3.63, 3.8) is 0 Å². The van der Waals surface area contributed by atoms with Crippen molar-refractivity contribution in [3.05, 3.63) is 46.8 Å². The number of benzene rings is 1. The van der Waals surface area contributed by atoms with Crippen molar-refractivity contribution in [1.82, 2.24) is 10.5 Å². The highest BCUT2D eigenvalue weighted by molar-refractivity contribution is 5.94. The zero-order chi connectivity index (χ0) is 12.3.